The summed E-state index contributed by atoms with van der Waals surface area (Å²) < 4.78 is 0. The normalized spacial score (nSPS) is 19.2. The summed E-state index contributed by atoms with van der Waals surface area (Å²) in [6.45, 7) is 4.08. The lowest BCUT2D eigenvalue weighted by Crippen LogP contribution is -2.60. The highest BCUT2D eigenvalue weighted by atomic mass is 28.3. The number of allylic oxidation sites excluding steroid dienone is 8. The van der Waals surface area contributed by atoms with E-state index in [0.29, 0.717) is 0 Å². The molecule has 2 atom stereocenters. The van der Waals surface area contributed by atoms with Crippen LogP contribution in [0.3, 0.4) is 0 Å². The second-order valence-corrected chi connectivity index (χ2v) is 10.7. The molecular formula is C25H26OSi. The number of carbonyl (C=O) groups excluding carboxylic acids is 1. The van der Waals surface area contributed by atoms with Crippen LogP contribution in [0.5, 0.6) is 0 Å². The molecule has 27 heavy (non-hydrogen) atoms. The highest BCUT2D eigenvalue weighted by Gasteiger charge is 2.50. The Morgan fingerprint density at radius 3 is 2.19 bits per heavy atom. The van der Waals surface area contributed by atoms with Crippen LogP contribution in [0.15, 0.2) is 108 Å². The van der Waals surface area contributed by atoms with E-state index >= 15 is 0 Å². The molecule has 1 nitrogen and oxygen atoms in total. The van der Waals surface area contributed by atoms with E-state index in [0.717, 1.165) is 12.0 Å². The van der Waals surface area contributed by atoms with Crippen LogP contribution in [-0.2, 0) is 0 Å². The first-order chi connectivity index (χ1) is 13.2. The molecule has 0 bridgehead atoms. The van der Waals surface area contributed by atoms with Crippen molar-refractivity contribution in [3.8, 4) is 0 Å². The third-order valence-electron chi connectivity index (χ3n) is 5.27. The summed E-state index contributed by atoms with van der Waals surface area (Å²) in [6, 6.07) is 20.2. The molecule has 0 spiro atoms. The van der Waals surface area contributed by atoms with E-state index in [2.05, 4.69) is 73.7 Å². The van der Waals surface area contributed by atoms with Crippen LogP contribution in [0, 0.1) is 0 Å². The van der Waals surface area contributed by atoms with Gasteiger partial charge in [-0.2, -0.15) is 0 Å². The first-order valence-electron chi connectivity index (χ1n) is 9.53. The van der Waals surface area contributed by atoms with Crippen LogP contribution in [0.25, 0.3) is 0 Å². The van der Waals surface area contributed by atoms with E-state index in [1.807, 2.05) is 43.3 Å². The van der Waals surface area contributed by atoms with Crippen LogP contribution in [0.2, 0.25) is 5.54 Å². The molecule has 0 aromatic heterocycles. The standard InChI is InChI=1S/C25H26OSi/c1-3-14-22(4-2)27(23-17-10-6-11-18-23,24-19-12-7-13-20-24)25(26)21-15-8-5-9-16-21/h3-19,24H,20H2,1-2H3/b14-3-,22-4+. The summed E-state index contributed by atoms with van der Waals surface area (Å²) in [5.74, 6) is 0. The van der Waals surface area contributed by atoms with Crippen LogP contribution in [0.1, 0.15) is 30.6 Å². The summed E-state index contributed by atoms with van der Waals surface area (Å²) in [6.07, 6.45) is 15.9. The van der Waals surface area contributed by atoms with Crippen LogP contribution < -0.4 is 5.19 Å². The van der Waals surface area contributed by atoms with Crippen molar-refractivity contribution in [1.29, 1.82) is 0 Å². The topological polar surface area (TPSA) is 17.1 Å². The summed E-state index contributed by atoms with van der Waals surface area (Å²) in [5.41, 5.74) is 1.000. The van der Waals surface area contributed by atoms with E-state index in [1.165, 1.54) is 10.4 Å². The first-order valence-corrected chi connectivity index (χ1v) is 11.6. The molecule has 0 aliphatic heterocycles. The molecule has 0 fully saturated rings. The summed E-state index contributed by atoms with van der Waals surface area (Å²) in [4.78, 5) is 14.2. The van der Waals surface area contributed by atoms with Gasteiger partial charge in [-0.05, 0) is 31.0 Å². The summed E-state index contributed by atoms with van der Waals surface area (Å²) in [5, 5.41) is 2.63. The average Bonchev–Trinajstić information content (AvgIpc) is 2.75. The van der Waals surface area contributed by atoms with E-state index in [9.17, 15) is 4.79 Å². The van der Waals surface area contributed by atoms with E-state index in [1.54, 1.807) is 0 Å². The van der Waals surface area contributed by atoms with Gasteiger partial charge in [0.1, 0.15) is 0 Å². The third-order valence-corrected chi connectivity index (χ3v) is 10.4. The van der Waals surface area contributed by atoms with Gasteiger partial charge >= 0.3 is 0 Å². The predicted octanol–water partition coefficient (Wildman–Crippen LogP) is 5.71. The minimum atomic E-state index is -2.77. The fraction of sp³-hybridized carbons (Fsp3) is 0.160. The van der Waals surface area contributed by atoms with Gasteiger partial charge in [0.2, 0.25) is 8.07 Å². The summed E-state index contributed by atoms with van der Waals surface area (Å²) >= 11 is 0. The Bertz CT molecular complexity index is 890. The van der Waals surface area contributed by atoms with Crippen LogP contribution in [-0.4, -0.2) is 13.5 Å². The van der Waals surface area contributed by atoms with Gasteiger partial charge in [-0.25, -0.2) is 0 Å². The Kier molecular flexibility index (Phi) is 6.20. The number of benzene rings is 2. The Balaban J connectivity index is 2.33. The zero-order chi connectivity index (χ0) is 19.1. The Labute approximate surface area is 163 Å². The van der Waals surface area contributed by atoms with E-state index < -0.39 is 8.07 Å². The Hall–Kier alpha value is -2.71. The monoisotopic (exact) mass is 370 g/mol. The lowest BCUT2D eigenvalue weighted by Gasteiger charge is -2.38. The predicted molar refractivity (Wildman–Crippen MR) is 118 cm³/mol. The number of carbonyl (C=O) groups is 1. The van der Waals surface area contributed by atoms with Gasteiger partial charge in [-0.3, -0.25) is 4.79 Å². The molecule has 2 unspecified atom stereocenters. The van der Waals surface area contributed by atoms with Crippen molar-refractivity contribution in [2.45, 2.75) is 25.8 Å². The fourth-order valence-electron chi connectivity index (χ4n) is 4.08. The maximum absolute atomic E-state index is 14.2. The fourth-order valence-corrected chi connectivity index (χ4v) is 9.25. The van der Waals surface area contributed by atoms with Crippen molar-refractivity contribution in [2.24, 2.45) is 0 Å². The molecule has 0 heterocycles. The summed E-state index contributed by atoms with van der Waals surface area (Å²) in [7, 11) is -2.77. The lowest BCUT2D eigenvalue weighted by molar-refractivity contribution is 0.106. The molecule has 2 aromatic rings. The van der Waals surface area contributed by atoms with Crippen LogP contribution in [0.4, 0.5) is 0 Å². The molecule has 0 saturated heterocycles. The number of rotatable bonds is 6. The van der Waals surface area contributed by atoms with Crippen LogP contribution >= 0.6 is 0 Å². The maximum atomic E-state index is 14.2. The second-order valence-electron chi connectivity index (χ2n) is 6.77. The minimum absolute atomic E-state index is 0.194. The SMILES string of the molecule is C/C=C\C(=C/C)[Si](C(=O)c1ccccc1)(c1ccccc1)C1C=CC=CC1. The molecule has 0 saturated carbocycles. The molecule has 0 radical (unpaired) electrons. The van der Waals surface area contributed by atoms with Crippen molar-refractivity contribution in [3.63, 3.8) is 0 Å². The lowest BCUT2D eigenvalue weighted by atomic mass is 10.2. The zero-order valence-electron chi connectivity index (χ0n) is 16.0. The maximum Gasteiger partial charge on any atom is 0.206 e. The van der Waals surface area contributed by atoms with Crippen molar-refractivity contribution >= 4 is 18.7 Å². The highest BCUT2D eigenvalue weighted by Crippen LogP contribution is 2.38. The van der Waals surface area contributed by atoms with Gasteiger partial charge in [-0.15, -0.1) is 0 Å². The highest BCUT2D eigenvalue weighted by molar-refractivity contribution is 7.21. The zero-order valence-corrected chi connectivity index (χ0v) is 17.0. The second kappa shape index (κ2) is 8.78. The van der Waals surface area contributed by atoms with E-state index in [-0.39, 0.29) is 10.9 Å². The van der Waals surface area contributed by atoms with Crippen molar-refractivity contribution in [2.75, 3.05) is 0 Å². The molecule has 2 aromatic carbocycles. The van der Waals surface area contributed by atoms with Gasteiger partial charge in [0.25, 0.3) is 0 Å². The smallest absolute Gasteiger partial charge is 0.206 e. The molecule has 1 aliphatic carbocycles. The van der Waals surface area contributed by atoms with Gasteiger partial charge in [0.05, 0.1) is 0 Å². The molecule has 1 aliphatic rings. The molecule has 0 N–H and O–H groups in total. The Morgan fingerprint density at radius 2 is 1.63 bits per heavy atom. The van der Waals surface area contributed by atoms with Gasteiger partial charge < -0.3 is 0 Å². The first kappa shape index (κ1) is 19.1. The molecular weight excluding hydrogens is 344 g/mol. The quantitative estimate of drug-likeness (QED) is 0.470. The molecule has 136 valence electrons. The van der Waals surface area contributed by atoms with Gasteiger partial charge in [-0.1, -0.05) is 108 Å². The van der Waals surface area contributed by atoms with Crippen molar-refractivity contribution < 1.29 is 4.79 Å². The average molecular weight is 371 g/mol. The molecule has 2 heteroatoms. The van der Waals surface area contributed by atoms with E-state index in [4.69, 9.17) is 0 Å². The molecule has 3 rings (SSSR count). The Morgan fingerprint density at radius 1 is 0.963 bits per heavy atom. The number of hydrogen-bond acceptors (Lipinski definition) is 1. The third kappa shape index (κ3) is 3.58. The van der Waals surface area contributed by atoms with Crippen molar-refractivity contribution in [3.05, 3.63) is 114 Å². The molecule has 0 amide bonds. The minimum Gasteiger partial charge on any atom is -0.299 e. The van der Waals surface area contributed by atoms with Crippen molar-refractivity contribution in [1.82, 2.24) is 0 Å². The largest absolute Gasteiger partial charge is 0.299 e. The van der Waals surface area contributed by atoms with Gasteiger partial charge in [0.15, 0.2) is 5.41 Å². The number of hydrogen-bond donors (Lipinski definition) is 0. The van der Waals surface area contributed by atoms with Gasteiger partial charge in [0, 0.05) is 5.56 Å².